The molecule has 0 spiro atoms. The van der Waals surface area contributed by atoms with E-state index in [1.165, 1.54) is 0 Å². The molecule has 1 atom stereocenters. The molecule has 0 aliphatic carbocycles. The number of hydrogen-bond acceptors (Lipinski definition) is 4. The lowest BCUT2D eigenvalue weighted by molar-refractivity contribution is -0.117. The molecule has 1 aliphatic rings. The third-order valence-electron chi connectivity index (χ3n) is 4.23. The Hall–Kier alpha value is -3.09. The van der Waals surface area contributed by atoms with Gasteiger partial charge in [-0.25, -0.2) is 4.98 Å². The summed E-state index contributed by atoms with van der Waals surface area (Å²) in [5.41, 5.74) is 1.96. The fourth-order valence-electron chi connectivity index (χ4n) is 2.91. The largest absolute Gasteiger partial charge is 0.481 e. The smallest absolute Gasteiger partial charge is 0.229 e. The van der Waals surface area contributed by atoms with Crippen LogP contribution >= 0.6 is 0 Å². The van der Waals surface area contributed by atoms with Gasteiger partial charge < -0.3 is 20.3 Å². The van der Waals surface area contributed by atoms with Crippen molar-refractivity contribution < 1.29 is 9.53 Å². The fourth-order valence-corrected chi connectivity index (χ4v) is 2.91. The molecule has 26 heavy (non-hydrogen) atoms. The van der Waals surface area contributed by atoms with E-state index in [1.54, 1.807) is 25.3 Å². The molecule has 1 fully saturated rings. The summed E-state index contributed by atoms with van der Waals surface area (Å²) in [6.07, 6.45) is 2.15. The molecule has 2 aromatic rings. The molecule has 2 N–H and O–H groups in total. The van der Waals surface area contributed by atoms with Crippen molar-refractivity contribution in [2.45, 2.75) is 19.0 Å². The second-order valence-electron chi connectivity index (χ2n) is 6.02. The zero-order valence-corrected chi connectivity index (χ0v) is 15.0. The summed E-state index contributed by atoms with van der Waals surface area (Å²) < 4.78 is 5.13. The number of rotatable bonds is 5. The zero-order chi connectivity index (χ0) is 18.4. The molecule has 7 nitrogen and oxygen atoms in total. The minimum Gasteiger partial charge on any atom is -0.481 e. The summed E-state index contributed by atoms with van der Waals surface area (Å²) in [6.45, 7) is 1.20. The molecule has 3 rings (SSSR count). The van der Waals surface area contributed by atoms with Crippen LogP contribution < -0.4 is 20.3 Å². The lowest BCUT2D eigenvalue weighted by Gasteiger charge is -2.19. The summed E-state index contributed by atoms with van der Waals surface area (Å²) in [7, 11) is 3.31. The maximum atomic E-state index is 12.3. The van der Waals surface area contributed by atoms with Crippen LogP contribution in [0.1, 0.15) is 12.0 Å². The van der Waals surface area contributed by atoms with Gasteiger partial charge in [0.05, 0.1) is 13.2 Å². The van der Waals surface area contributed by atoms with E-state index in [0.29, 0.717) is 31.3 Å². The monoisotopic (exact) mass is 353 g/mol. The van der Waals surface area contributed by atoms with Crippen LogP contribution in [0.5, 0.6) is 5.88 Å². The van der Waals surface area contributed by atoms with Crippen LogP contribution in [0.2, 0.25) is 0 Å². The Morgan fingerprint density at radius 1 is 1.35 bits per heavy atom. The number of ether oxygens (including phenoxy) is 1. The number of nitrogens with one attached hydrogen (secondary N) is 2. The highest BCUT2D eigenvalue weighted by Gasteiger charge is 2.30. The number of aliphatic imine (C=N–C) groups is 1. The fraction of sp³-hybridized carbons (Fsp3) is 0.316. The van der Waals surface area contributed by atoms with Crippen molar-refractivity contribution in [3.8, 4) is 5.88 Å². The van der Waals surface area contributed by atoms with Crippen LogP contribution in [0.25, 0.3) is 0 Å². The van der Waals surface area contributed by atoms with Gasteiger partial charge in [0.1, 0.15) is 0 Å². The first kappa shape index (κ1) is 17.7. The van der Waals surface area contributed by atoms with Gasteiger partial charge in [-0.2, -0.15) is 0 Å². The number of carbonyl (C=O) groups excluding carboxylic acids is 1. The van der Waals surface area contributed by atoms with Crippen molar-refractivity contribution in [3.63, 3.8) is 0 Å². The molecule has 0 saturated carbocycles. The van der Waals surface area contributed by atoms with Crippen molar-refractivity contribution in [2.24, 2.45) is 4.99 Å². The van der Waals surface area contributed by atoms with E-state index in [1.807, 2.05) is 42.5 Å². The Kier molecular flexibility index (Phi) is 5.68. The van der Waals surface area contributed by atoms with E-state index in [-0.39, 0.29) is 11.9 Å². The summed E-state index contributed by atoms with van der Waals surface area (Å²) >= 11 is 0. The molecule has 1 amide bonds. The molecule has 1 unspecified atom stereocenters. The number of pyridine rings is 1. The number of benzene rings is 1. The highest BCUT2D eigenvalue weighted by molar-refractivity contribution is 5.97. The first-order valence-corrected chi connectivity index (χ1v) is 8.51. The lowest BCUT2D eigenvalue weighted by atomic mass is 10.2. The predicted octanol–water partition coefficient (Wildman–Crippen LogP) is 1.56. The minimum atomic E-state index is 0.0147. The van der Waals surface area contributed by atoms with Crippen molar-refractivity contribution in [1.29, 1.82) is 0 Å². The molecule has 1 aliphatic heterocycles. The lowest BCUT2D eigenvalue weighted by Crippen LogP contribution is -2.44. The van der Waals surface area contributed by atoms with E-state index in [4.69, 9.17) is 4.74 Å². The Bertz CT molecular complexity index is 779. The summed E-state index contributed by atoms with van der Waals surface area (Å²) in [4.78, 5) is 22.5. The SMILES string of the molecule is CN=C(NCc1ccnc(OC)c1)NC1CC(=O)N(c2ccccc2)C1. The molecule has 1 saturated heterocycles. The first-order valence-electron chi connectivity index (χ1n) is 8.51. The molecule has 1 aromatic carbocycles. The predicted molar refractivity (Wildman–Crippen MR) is 101 cm³/mol. The van der Waals surface area contributed by atoms with Crippen LogP contribution in [0.15, 0.2) is 53.7 Å². The highest BCUT2D eigenvalue weighted by atomic mass is 16.5. The molecule has 0 radical (unpaired) electrons. The third kappa shape index (κ3) is 4.30. The Labute approximate surface area is 153 Å². The van der Waals surface area contributed by atoms with Crippen LogP contribution in [-0.2, 0) is 11.3 Å². The van der Waals surface area contributed by atoms with Gasteiger partial charge >= 0.3 is 0 Å². The number of guanidine groups is 1. The van der Waals surface area contributed by atoms with Gasteiger partial charge in [0.25, 0.3) is 0 Å². The summed E-state index contributed by atoms with van der Waals surface area (Å²) in [5.74, 6) is 1.35. The van der Waals surface area contributed by atoms with Crippen molar-refractivity contribution >= 4 is 17.6 Å². The number of nitrogens with zero attached hydrogens (tertiary/aromatic N) is 3. The minimum absolute atomic E-state index is 0.0147. The number of methoxy groups -OCH3 is 1. The highest BCUT2D eigenvalue weighted by Crippen LogP contribution is 2.20. The Morgan fingerprint density at radius 2 is 2.15 bits per heavy atom. The molecule has 136 valence electrons. The second kappa shape index (κ2) is 8.33. The molecular weight excluding hydrogens is 330 g/mol. The van der Waals surface area contributed by atoms with E-state index in [0.717, 1.165) is 11.3 Å². The van der Waals surface area contributed by atoms with Crippen molar-refractivity contribution in [3.05, 3.63) is 54.2 Å². The third-order valence-corrected chi connectivity index (χ3v) is 4.23. The van der Waals surface area contributed by atoms with Crippen LogP contribution in [0.3, 0.4) is 0 Å². The van der Waals surface area contributed by atoms with Gasteiger partial charge in [0, 0.05) is 44.5 Å². The van der Waals surface area contributed by atoms with Crippen molar-refractivity contribution in [1.82, 2.24) is 15.6 Å². The number of amides is 1. The molecule has 0 bridgehead atoms. The number of carbonyl (C=O) groups is 1. The van der Waals surface area contributed by atoms with Crippen molar-refractivity contribution in [2.75, 3.05) is 25.6 Å². The van der Waals surface area contributed by atoms with Crippen LogP contribution in [0, 0.1) is 0 Å². The maximum absolute atomic E-state index is 12.3. The number of para-hydroxylation sites is 1. The molecule has 7 heteroatoms. The van der Waals surface area contributed by atoms with E-state index < -0.39 is 0 Å². The number of hydrogen-bond donors (Lipinski definition) is 2. The van der Waals surface area contributed by atoms with Gasteiger partial charge in [-0.1, -0.05) is 18.2 Å². The van der Waals surface area contributed by atoms with Gasteiger partial charge in [0.15, 0.2) is 5.96 Å². The number of aromatic nitrogens is 1. The Morgan fingerprint density at radius 3 is 2.88 bits per heavy atom. The zero-order valence-electron chi connectivity index (χ0n) is 15.0. The van der Waals surface area contributed by atoms with Crippen LogP contribution in [-0.4, -0.2) is 43.6 Å². The maximum Gasteiger partial charge on any atom is 0.229 e. The Balaban J connectivity index is 1.56. The molecular formula is C19H23N5O2. The average molecular weight is 353 g/mol. The van der Waals surface area contributed by atoms with Crippen LogP contribution in [0.4, 0.5) is 5.69 Å². The normalized spacial score (nSPS) is 17.3. The standard InChI is InChI=1S/C19H23N5O2/c1-20-19(22-12-14-8-9-21-17(10-14)26-2)23-15-11-18(25)24(13-15)16-6-4-3-5-7-16/h3-10,15H,11-13H2,1-2H3,(H2,20,22,23). The topological polar surface area (TPSA) is 78.9 Å². The first-order chi connectivity index (χ1) is 12.7. The number of anilines is 1. The van der Waals surface area contributed by atoms with Gasteiger partial charge in [-0.15, -0.1) is 0 Å². The van der Waals surface area contributed by atoms with E-state index >= 15 is 0 Å². The summed E-state index contributed by atoms with van der Waals surface area (Å²) in [6, 6.07) is 13.5. The quantitative estimate of drug-likeness (QED) is 0.630. The van der Waals surface area contributed by atoms with Gasteiger partial charge in [-0.05, 0) is 23.8 Å². The molecule has 1 aromatic heterocycles. The van der Waals surface area contributed by atoms with E-state index in [9.17, 15) is 4.79 Å². The molecule has 2 heterocycles. The average Bonchev–Trinajstić information content (AvgIpc) is 3.06. The summed E-state index contributed by atoms with van der Waals surface area (Å²) in [5, 5.41) is 6.58. The van der Waals surface area contributed by atoms with Gasteiger partial charge in [-0.3, -0.25) is 9.79 Å². The van der Waals surface area contributed by atoms with E-state index in [2.05, 4.69) is 20.6 Å². The second-order valence-corrected chi connectivity index (χ2v) is 6.02. The van der Waals surface area contributed by atoms with Gasteiger partial charge in [0.2, 0.25) is 11.8 Å².